The minimum atomic E-state index is -4.05. The number of hydrogen-bond donors (Lipinski definition) is 2. The van der Waals surface area contributed by atoms with Crippen LogP contribution in [0.2, 0.25) is 0 Å². The van der Waals surface area contributed by atoms with Gasteiger partial charge in [0.05, 0.1) is 0 Å². The Morgan fingerprint density at radius 3 is 2.43 bits per heavy atom. The molecular formula is C7H8BrFN2O2S. The van der Waals surface area contributed by atoms with Gasteiger partial charge in [0.15, 0.2) is 0 Å². The zero-order chi connectivity index (χ0) is 10.9. The zero-order valence-corrected chi connectivity index (χ0v) is 9.40. The molecule has 0 fully saturated rings. The van der Waals surface area contributed by atoms with Gasteiger partial charge in [0, 0.05) is 16.6 Å². The number of rotatable bonds is 2. The Bertz CT molecular complexity index is 461. The molecule has 14 heavy (non-hydrogen) atoms. The van der Waals surface area contributed by atoms with Crippen LogP contribution in [0.4, 0.5) is 4.39 Å². The molecule has 1 aromatic carbocycles. The van der Waals surface area contributed by atoms with Gasteiger partial charge in [-0.3, -0.25) is 0 Å². The van der Waals surface area contributed by atoms with Crippen LogP contribution in [0, 0.1) is 5.82 Å². The summed E-state index contributed by atoms with van der Waals surface area (Å²) in [4.78, 5) is -0.549. The van der Waals surface area contributed by atoms with Crippen LogP contribution in [0.3, 0.4) is 0 Å². The normalized spacial score (nSPS) is 11.7. The molecule has 0 unspecified atom stereocenters. The topological polar surface area (TPSA) is 86.2 Å². The maximum absolute atomic E-state index is 13.4. The van der Waals surface area contributed by atoms with Gasteiger partial charge in [0.2, 0.25) is 10.0 Å². The molecule has 4 N–H and O–H groups in total. The van der Waals surface area contributed by atoms with E-state index in [2.05, 4.69) is 15.9 Å². The molecule has 0 saturated heterocycles. The second-order valence-corrected chi connectivity index (χ2v) is 5.07. The Labute approximate surface area is 89.3 Å². The van der Waals surface area contributed by atoms with E-state index in [9.17, 15) is 12.8 Å². The Morgan fingerprint density at radius 2 is 2.00 bits per heavy atom. The first kappa shape index (κ1) is 11.6. The summed E-state index contributed by atoms with van der Waals surface area (Å²) >= 11 is 3.04. The lowest BCUT2D eigenvalue weighted by molar-refractivity contribution is 0.558. The summed E-state index contributed by atoms with van der Waals surface area (Å²) in [7, 11) is -4.05. The van der Waals surface area contributed by atoms with Gasteiger partial charge in [-0.05, 0) is 12.1 Å². The van der Waals surface area contributed by atoms with Crippen molar-refractivity contribution in [2.45, 2.75) is 11.4 Å². The first-order chi connectivity index (χ1) is 6.36. The largest absolute Gasteiger partial charge is 0.326 e. The second kappa shape index (κ2) is 3.93. The molecule has 0 radical (unpaired) electrons. The number of primary sulfonamides is 1. The lowest BCUT2D eigenvalue weighted by Gasteiger charge is -2.05. The van der Waals surface area contributed by atoms with E-state index in [1.165, 1.54) is 6.07 Å². The summed E-state index contributed by atoms with van der Waals surface area (Å²) in [6.45, 7) is -0.0895. The SMILES string of the molecule is NCc1cc(Br)cc(S(N)(=O)=O)c1F. The quantitative estimate of drug-likeness (QED) is 0.837. The molecule has 0 spiro atoms. The fourth-order valence-corrected chi connectivity index (χ4v) is 2.30. The molecule has 78 valence electrons. The highest BCUT2D eigenvalue weighted by Crippen LogP contribution is 2.22. The van der Waals surface area contributed by atoms with Crippen molar-refractivity contribution >= 4 is 26.0 Å². The van der Waals surface area contributed by atoms with Crippen LogP contribution in [-0.4, -0.2) is 8.42 Å². The van der Waals surface area contributed by atoms with E-state index in [0.717, 1.165) is 6.07 Å². The minimum Gasteiger partial charge on any atom is -0.326 e. The predicted molar refractivity (Wildman–Crippen MR) is 53.4 cm³/mol. The fraction of sp³-hybridized carbons (Fsp3) is 0.143. The fourth-order valence-electron chi connectivity index (χ4n) is 0.974. The van der Waals surface area contributed by atoms with Crippen LogP contribution in [0.15, 0.2) is 21.5 Å². The predicted octanol–water partition coefficient (Wildman–Crippen LogP) is 0.694. The molecule has 4 nitrogen and oxygen atoms in total. The van der Waals surface area contributed by atoms with E-state index in [0.29, 0.717) is 4.47 Å². The molecule has 1 rings (SSSR count). The number of nitrogens with two attached hydrogens (primary N) is 2. The molecule has 0 bridgehead atoms. The van der Waals surface area contributed by atoms with Crippen molar-refractivity contribution in [2.24, 2.45) is 10.9 Å². The van der Waals surface area contributed by atoms with E-state index in [1.807, 2.05) is 0 Å². The van der Waals surface area contributed by atoms with Crippen LogP contribution in [0.1, 0.15) is 5.56 Å². The van der Waals surface area contributed by atoms with Gasteiger partial charge in [-0.25, -0.2) is 17.9 Å². The number of hydrogen-bond acceptors (Lipinski definition) is 3. The summed E-state index contributed by atoms with van der Waals surface area (Å²) in [6, 6.07) is 2.51. The Kier molecular flexibility index (Phi) is 3.25. The van der Waals surface area contributed by atoms with Gasteiger partial charge in [-0.15, -0.1) is 0 Å². The molecular weight excluding hydrogens is 275 g/mol. The maximum Gasteiger partial charge on any atom is 0.241 e. The molecule has 7 heteroatoms. The summed E-state index contributed by atoms with van der Waals surface area (Å²) in [5.41, 5.74) is 5.34. The van der Waals surface area contributed by atoms with Crippen LogP contribution >= 0.6 is 15.9 Å². The van der Waals surface area contributed by atoms with Gasteiger partial charge in [-0.2, -0.15) is 0 Å². The standard InChI is InChI=1S/C7H8BrFN2O2S/c8-5-1-4(3-10)7(9)6(2-5)14(11,12)13/h1-2H,3,10H2,(H2,11,12,13). The average molecular weight is 283 g/mol. The Hall–Kier alpha value is -0.500. The zero-order valence-electron chi connectivity index (χ0n) is 7.00. The molecule has 0 aliphatic heterocycles. The molecule has 0 amide bonds. The molecule has 0 aromatic heterocycles. The van der Waals surface area contributed by atoms with E-state index in [1.54, 1.807) is 0 Å². The van der Waals surface area contributed by atoms with Gasteiger partial charge in [0.25, 0.3) is 0 Å². The van der Waals surface area contributed by atoms with Gasteiger partial charge in [-0.1, -0.05) is 15.9 Å². The first-order valence-electron chi connectivity index (χ1n) is 3.57. The molecule has 0 aliphatic carbocycles. The summed E-state index contributed by atoms with van der Waals surface area (Å²) in [5, 5.41) is 4.82. The Morgan fingerprint density at radius 1 is 1.43 bits per heavy atom. The van der Waals surface area contributed by atoms with Gasteiger partial charge in [0.1, 0.15) is 10.7 Å². The third-order valence-electron chi connectivity index (χ3n) is 1.61. The maximum atomic E-state index is 13.4. The minimum absolute atomic E-state index is 0.0895. The second-order valence-electron chi connectivity index (χ2n) is 2.63. The summed E-state index contributed by atoms with van der Waals surface area (Å²) < 4.78 is 35.7. The lowest BCUT2D eigenvalue weighted by Crippen LogP contribution is -2.16. The third-order valence-corrected chi connectivity index (χ3v) is 2.97. The van der Waals surface area contributed by atoms with Crippen molar-refractivity contribution in [1.82, 2.24) is 0 Å². The van der Waals surface area contributed by atoms with Crippen molar-refractivity contribution in [3.05, 3.63) is 28.0 Å². The van der Waals surface area contributed by atoms with Crippen LogP contribution in [0.25, 0.3) is 0 Å². The van der Waals surface area contributed by atoms with E-state index in [4.69, 9.17) is 10.9 Å². The van der Waals surface area contributed by atoms with Gasteiger partial charge < -0.3 is 5.73 Å². The average Bonchev–Trinajstić information content (AvgIpc) is 2.06. The van der Waals surface area contributed by atoms with Crippen molar-refractivity contribution in [1.29, 1.82) is 0 Å². The number of sulfonamides is 1. The monoisotopic (exact) mass is 282 g/mol. The van der Waals surface area contributed by atoms with E-state index in [-0.39, 0.29) is 12.1 Å². The van der Waals surface area contributed by atoms with Gasteiger partial charge >= 0.3 is 0 Å². The molecule has 0 saturated carbocycles. The number of benzene rings is 1. The van der Waals surface area contributed by atoms with E-state index < -0.39 is 20.7 Å². The highest BCUT2D eigenvalue weighted by atomic mass is 79.9. The van der Waals surface area contributed by atoms with Crippen LogP contribution in [0.5, 0.6) is 0 Å². The lowest BCUT2D eigenvalue weighted by atomic mass is 10.2. The smallest absolute Gasteiger partial charge is 0.241 e. The van der Waals surface area contributed by atoms with Crippen molar-refractivity contribution in [2.75, 3.05) is 0 Å². The number of halogens is 2. The molecule has 0 heterocycles. The van der Waals surface area contributed by atoms with Crippen molar-refractivity contribution in [3.63, 3.8) is 0 Å². The molecule has 0 aliphatic rings. The first-order valence-corrected chi connectivity index (χ1v) is 5.91. The molecule has 1 aromatic rings. The van der Waals surface area contributed by atoms with Crippen LogP contribution in [-0.2, 0) is 16.6 Å². The van der Waals surface area contributed by atoms with Crippen molar-refractivity contribution < 1.29 is 12.8 Å². The van der Waals surface area contributed by atoms with E-state index >= 15 is 0 Å². The highest BCUT2D eigenvalue weighted by molar-refractivity contribution is 9.10. The highest BCUT2D eigenvalue weighted by Gasteiger charge is 2.17. The Balaban J connectivity index is 3.53. The third kappa shape index (κ3) is 2.30. The summed E-state index contributed by atoms with van der Waals surface area (Å²) in [6.07, 6.45) is 0. The molecule has 0 atom stereocenters. The van der Waals surface area contributed by atoms with Crippen molar-refractivity contribution in [3.8, 4) is 0 Å². The summed E-state index contributed by atoms with van der Waals surface area (Å²) in [5.74, 6) is -0.891. The van der Waals surface area contributed by atoms with Crippen LogP contribution < -0.4 is 10.9 Å².